The highest BCUT2D eigenvalue weighted by Crippen LogP contribution is 2.08. The maximum Gasteiger partial charge on any atom is 0.326 e. The minimum Gasteiger partial charge on any atom is -0.408 e. The van der Waals surface area contributed by atoms with Gasteiger partial charge in [-0.05, 0) is 5.56 Å². The van der Waals surface area contributed by atoms with E-state index in [-0.39, 0.29) is 18.4 Å². The molecule has 2 rings (SSSR count). The molecule has 0 aliphatic carbocycles. The van der Waals surface area contributed by atoms with Gasteiger partial charge in [0, 0.05) is 0 Å². The van der Waals surface area contributed by atoms with Gasteiger partial charge in [-0.25, -0.2) is 10.6 Å². The lowest BCUT2D eigenvalue weighted by Crippen LogP contribution is -2.34. The molecule has 2 aromatic rings. The Balaban J connectivity index is 0.000000471. The Bertz CT molecular complexity index is 490. The summed E-state index contributed by atoms with van der Waals surface area (Å²) in [5, 5.41) is 7.34. The summed E-state index contributed by atoms with van der Waals surface area (Å²) in [4.78, 5) is 9.35. The number of benzene rings is 1. The Morgan fingerprint density at radius 1 is 1.26 bits per heavy atom. The first-order chi connectivity index (χ1) is 8.61. The molecule has 7 N–H and O–H groups in total. The molecular weight excluding hydrogens is 272 g/mol. The number of halogens is 1. The topological polar surface area (TPSA) is 146 Å². The number of aromatic nitrogens is 2. The SMILES string of the molecule is Cl.NNC(N)=O.Nc1nnc(Cc2ccccc2)o1. The Labute approximate surface area is 115 Å². The zero-order valence-electron chi connectivity index (χ0n) is 9.95. The Hall–Kier alpha value is -2.32. The van der Waals surface area contributed by atoms with Crippen molar-refractivity contribution >= 4 is 24.5 Å². The molecule has 19 heavy (non-hydrogen) atoms. The molecule has 0 fully saturated rings. The van der Waals surface area contributed by atoms with Crippen molar-refractivity contribution in [2.24, 2.45) is 11.6 Å². The van der Waals surface area contributed by atoms with E-state index in [1.54, 1.807) is 5.43 Å². The number of nitrogens with one attached hydrogen (secondary N) is 1. The maximum atomic E-state index is 9.35. The lowest BCUT2D eigenvalue weighted by Gasteiger charge is -1.93. The van der Waals surface area contributed by atoms with E-state index in [2.05, 4.69) is 21.8 Å². The number of nitrogen functional groups attached to an aromatic ring is 1. The van der Waals surface area contributed by atoms with Gasteiger partial charge in [-0.15, -0.1) is 17.5 Å². The monoisotopic (exact) mass is 286 g/mol. The van der Waals surface area contributed by atoms with Crippen LogP contribution < -0.4 is 22.7 Å². The van der Waals surface area contributed by atoms with Gasteiger partial charge in [0.05, 0.1) is 6.42 Å². The summed E-state index contributed by atoms with van der Waals surface area (Å²) in [6.07, 6.45) is 0.630. The van der Waals surface area contributed by atoms with Crippen LogP contribution in [0, 0.1) is 0 Å². The summed E-state index contributed by atoms with van der Waals surface area (Å²) >= 11 is 0. The highest BCUT2D eigenvalue weighted by atomic mass is 35.5. The summed E-state index contributed by atoms with van der Waals surface area (Å²) < 4.78 is 5.04. The molecule has 9 heteroatoms. The van der Waals surface area contributed by atoms with Crippen LogP contribution in [0.1, 0.15) is 11.5 Å². The van der Waals surface area contributed by atoms with E-state index in [4.69, 9.17) is 10.2 Å². The fourth-order valence-corrected chi connectivity index (χ4v) is 1.11. The molecule has 1 heterocycles. The number of hydrazine groups is 1. The lowest BCUT2D eigenvalue weighted by atomic mass is 10.2. The minimum absolute atomic E-state index is 0. The molecule has 2 amide bonds. The molecule has 1 aromatic heterocycles. The molecule has 0 aliphatic rings. The van der Waals surface area contributed by atoms with E-state index in [1.807, 2.05) is 30.3 Å². The van der Waals surface area contributed by atoms with Crippen molar-refractivity contribution in [2.45, 2.75) is 6.42 Å². The molecule has 104 valence electrons. The number of carbonyl (C=O) groups is 1. The molecular formula is C10H15ClN6O2. The minimum atomic E-state index is -0.718. The van der Waals surface area contributed by atoms with E-state index >= 15 is 0 Å². The third-order valence-corrected chi connectivity index (χ3v) is 1.82. The summed E-state index contributed by atoms with van der Waals surface area (Å²) in [7, 11) is 0. The third-order valence-electron chi connectivity index (χ3n) is 1.82. The molecule has 0 unspecified atom stereocenters. The van der Waals surface area contributed by atoms with Crippen molar-refractivity contribution in [3.05, 3.63) is 41.8 Å². The third kappa shape index (κ3) is 6.86. The molecule has 8 nitrogen and oxygen atoms in total. The van der Waals surface area contributed by atoms with Crippen LogP contribution in [-0.4, -0.2) is 16.2 Å². The second-order valence-electron chi connectivity index (χ2n) is 3.21. The molecule has 1 aromatic carbocycles. The molecule has 0 bridgehead atoms. The number of anilines is 1. The second-order valence-corrected chi connectivity index (χ2v) is 3.21. The van der Waals surface area contributed by atoms with E-state index in [1.165, 1.54) is 0 Å². The van der Waals surface area contributed by atoms with Crippen LogP contribution in [0.25, 0.3) is 0 Å². The molecule has 0 atom stereocenters. The largest absolute Gasteiger partial charge is 0.408 e. The Kier molecular flexibility index (Phi) is 7.66. The van der Waals surface area contributed by atoms with Gasteiger partial charge in [-0.3, -0.25) is 5.43 Å². The average molecular weight is 287 g/mol. The molecule has 0 saturated carbocycles. The van der Waals surface area contributed by atoms with Gasteiger partial charge in [0.15, 0.2) is 0 Å². The maximum absolute atomic E-state index is 9.35. The summed E-state index contributed by atoms with van der Waals surface area (Å²) in [5.74, 6) is 4.99. The number of rotatable bonds is 2. The zero-order chi connectivity index (χ0) is 13.4. The zero-order valence-corrected chi connectivity index (χ0v) is 10.8. The predicted octanol–water partition coefficient (Wildman–Crippen LogP) is 0.193. The van der Waals surface area contributed by atoms with Crippen LogP contribution in [0.5, 0.6) is 0 Å². The Morgan fingerprint density at radius 3 is 2.26 bits per heavy atom. The predicted molar refractivity (Wildman–Crippen MR) is 72.1 cm³/mol. The van der Waals surface area contributed by atoms with Gasteiger partial charge in [0.2, 0.25) is 5.89 Å². The van der Waals surface area contributed by atoms with Crippen LogP contribution >= 0.6 is 12.4 Å². The smallest absolute Gasteiger partial charge is 0.326 e. The van der Waals surface area contributed by atoms with Crippen LogP contribution in [0.4, 0.5) is 10.8 Å². The van der Waals surface area contributed by atoms with Crippen LogP contribution in [0.3, 0.4) is 0 Å². The van der Waals surface area contributed by atoms with Gasteiger partial charge in [-0.2, -0.15) is 0 Å². The van der Waals surface area contributed by atoms with Gasteiger partial charge in [0.1, 0.15) is 0 Å². The first-order valence-electron chi connectivity index (χ1n) is 4.99. The molecule has 0 spiro atoms. The number of hydrogen-bond acceptors (Lipinski definition) is 6. The molecule has 0 saturated heterocycles. The highest BCUT2D eigenvalue weighted by Gasteiger charge is 2.02. The number of hydrogen-bond donors (Lipinski definition) is 4. The van der Waals surface area contributed by atoms with Gasteiger partial charge in [0.25, 0.3) is 0 Å². The molecule has 0 aliphatic heterocycles. The van der Waals surface area contributed by atoms with E-state index in [0.717, 1.165) is 5.56 Å². The summed E-state index contributed by atoms with van der Waals surface area (Å²) in [6.45, 7) is 0. The fraction of sp³-hybridized carbons (Fsp3) is 0.100. The highest BCUT2D eigenvalue weighted by molar-refractivity contribution is 5.85. The average Bonchev–Trinajstić information content (AvgIpc) is 2.77. The Morgan fingerprint density at radius 2 is 1.84 bits per heavy atom. The van der Waals surface area contributed by atoms with Crippen LogP contribution in [0.2, 0.25) is 0 Å². The van der Waals surface area contributed by atoms with Crippen molar-refractivity contribution in [3.63, 3.8) is 0 Å². The van der Waals surface area contributed by atoms with Crippen LogP contribution in [0.15, 0.2) is 34.7 Å². The fourth-order valence-electron chi connectivity index (χ4n) is 1.11. The lowest BCUT2D eigenvalue weighted by molar-refractivity contribution is 0.249. The van der Waals surface area contributed by atoms with Crippen molar-refractivity contribution in [1.82, 2.24) is 15.6 Å². The summed E-state index contributed by atoms with van der Waals surface area (Å²) in [5.41, 5.74) is 12.5. The van der Waals surface area contributed by atoms with Gasteiger partial charge >= 0.3 is 12.0 Å². The van der Waals surface area contributed by atoms with E-state index < -0.39 is 6.03 Å². The van der Waals surface area contributed by atoms with Crippen molar-refractivity contribution in [2.75, 3.05) is 5.73 Å². The summed E-state index contributed by atoms with van der Waals surface area (Å²) in [6, 6.07) is 9.30. The van der Waals surface area contributed by atoms with Gasteiger partial charge < -0.3 is 15.9 Å². The number of urea groups is 1. The number of amides is 2. The van der Waals surface area contributed by atoms with Gasteiger partial charge in [-0.1, -0.05) is 35.4 Å². The second kappa shape index (κ2) is 8.72. The number of nitrogens with zero attached hydrogens (tertiary/aromatic N) is 2. The standard InChI is InChI=1S/C9H9N3O.CH5N3O.ClH/c10-9-12-11-8(13-9)6-7-4-2-1-3-5-7;2-1(5)4-3;/h1-5H,6H2,(H2,10,12);3H2,(H3,2,4,5);1H. The van der Waals surface area contributed by atoms with Crippen molar-refractivity contribution in [3.8, 4) is 0 Å². The normalized spacial score (nSPS) is 8.68. The number of carbonyl (C=O) groups excluding carboxylic acids is 1. The first kappa shape index (κ1) is 16.7. The van der Waals surface area contributed by atoms with E-state index in [0.29, 0.717) is 12.3 Å². The number of nitrogens with two attached hydrogens (primary N) is 3. The van der Waals surface area contributed by atoms with Crippen molar-refractivity contribution < 1.29 is 9.21 Å². The molecule has 0 radical (unpaired) electrons. The van der Waals surface area contributed by atoms with Crippen LogP contribution in [-0.2, 0) is 6.42 Å². The first-order valence-corrected chi connectivity index (χ1v) is 4.99. The van der Waals surface area contributed by atoms with E-state index in [9.17, 15) is 4.79 Å². The number of primary amides is 1. The van der Waals surface area contributed by atoms with Crippen molar-refractivity contribution in [1.29, 1.82) is 0 Å². The quantitative estimate of drug-likeness (QED) is 0.352.